The molecule has 0 bridgehead atoms. The summed E-state index contributed by atoms with van der Waals surface area (Å²) in [6.07, 6.45) is -4.50. The first-order valence-electron chi connectivity index (χ1n) is 9.32. The Morgan fingerprint density at radius 2 is 1.69 bits per heavy atom. The van der Waals surface area contributed by atoms with E-state index in [0.29, 0.717) is 18.0 Å². The third-order valence-electron chi connectivity index (χ3n) is 4.46. The van der Waals surface area contributed by atoms with Gasteiger partial charge in [0.15, 0.2) is 0 Å². The van der Waals surface area contributed by atoms with Crippen molar-refractivity contribution in [1.29, 1.82) is 0 Å². The second-order valence-electron chi connectivity index (χ2n) is 6.54. The van der Waals surface area contributed by atoms with Gasteiger partial charge in [-0.1, -0.05) is 0 Å². The van der Waals surface area contributed by atoms with Crippen LogP contribution in [0.4, 0.5) is 24.5 Å². The molecule has 0 saturated heterocycles. The van der Waals surface area contributed by atoms with Gasteiger partial charge in [0.1, 0.15) is 15.5 Å². The summed E-state index contributed by atoms with van der Waals surface area (Å²) in [6, 6.07) is 11.6. The van der Waals surface area contributed by atoms with Crippen LogP contribution in [0.3, 0.4) is 0 Å². The van der Waals surface area contributed by atoms with Crippen LogP contribution in [0.25, 0.3) is 0 Å². The quantitative estimate of drug-likeness (QED) is 0.498. The molecule has 1 amide bonds. The maximum absolute atomic E-state index is 13.1. The summed E-state index contributed by atoms with van der Waals surface area (Å²) >= 11 is 0.915. The van der Waals surface area contributed by atoms with Gasteiger partial charge < -0.3 is 10.1 Å². The summed E-state index contributed by atoms with van der Waals surface area (Å²) in [4.78, 5) is 12.4. The average Bonchev–Trinajstić information content (AvgIpc) is 3.25. The Bertz CT molecular complexity index is 1190. The minimum atomic E-state index is -4.50. The average molecular weight is 485 g/mol. The summed E-state index contributed by atoms with van der Waals surface area (Å²) in [5.41, 5.74) is -0.375. The number of hydrogen-bond acceptors (Lipinski definition) is 5. The van der Waals surface area contributed by atoms with Crippen LogP contribution < -0.4 is 14.4 Å². The topological polar surface area (TPSA) is 75.7 Å². The number of nitrogens with zero attached hydrogens (tertiary/aromatic N) is 1. The third kappa shape index (κ3) is 5.05. The van der Waals surface area contributed by atoms with Crippen molar-refractivity contribution in [2.45, 2.75) is 18.0 Å². The lowest BCUT2D eigenvalue weighted by Crippen LogP contribution is -2.28. The van der Waals surface area contributed by atoms with Crippen LogP contribution in [-0.2, 0) is 16.2 Å². The predicted octanol–water partition coefficient (Wildman–Crippen LogP) is 5.24. The van der Waals surface area contributed by atoms with E-state index >= 15 is 0 Å². The number of benzene rings is 2. The molecule has 1 N–H and O–H groups in total. The normalized spacial score (nSPS) is 11.8. The van der Waals surface area contributed by atoms with E-state index in [4.69, 9.17) is 4.74 Å². The van der Waals surface area contributed by atoms with Gasteiger partial charge in [0.25, 0.3) is 15.9 Å². The SMILES string of the molecule is CCOc1ccc(N(C)S(=O)(=O)c2ccsc2C(=O)Nc2ccc(C(F)(F)F)cc2)cc1. The Kier molecular flexibility index (Phi) is 6.79. The molecule has 170 valence electrons. The van der Waals surface area contributed by atoms with Gasteiger partial charge in [-0.15, -0.1) is 11.3 Å². The van der Waals surface area contributed by atoms with Gasteiger partial charge in [-0.3, -0.25) is 9.10 Å². The van der Waals surface area contributed by atoms with Crippen LogP contribution in [-0.4, -0.2) is 28.0 Å². The van der Waals surface area contributed by atoms with Crippen molar-refractivity contribution in [3.63, 3.8) is 0 Å². The molecule has 0 spiro atoms. The highest BCUT2D eigenvalue weighted by atomic mass is 32.2. The zero-order valence-electron chi connectivity index (χ0n) is 17.0. The molecular formula is C21H19F3N2O4S2. The van der Waals surface area contributed by atoms with E-state index in [2.05, 4.69) is 5.32 Å². The fourth-order valence-corrected chi connectivity index (χ4v) is 5.29. The Labute approximate surface area is 187 Å². The largest absolute Gasteiger partial charge is 0.494 e. The monoisotopic (exact) mass is 484 g/mol. The first-order chi connectivity index (χ1) is 15.0. The van der Waals surface area contributed by atoms with Gasteiger partial charge in [0.05, 0.1) is 17.9 Å². The molecule has 1 heterocycles. The number of alkyl halides is 3. The van der Waals surface area contributed by atoms with Crippen LogP contribution >= 0.6 is 11.3 Å². The lowest BCUT2D eigenvalue weighted by atomic mass is 10.2. The number of sulfonamides is 1. The first kappa shape index (κ1) is 23.6. The zero-order chi connectivity index (χ0) is 23.5. The van der Waals surface area contributed by atoms with E-state index in [1.54, 1.807) is 24.3 Å². The molecule has 0 saturated carbocycles. The molecule has 0 aliphatic heterocycles. The first-order valence-corrected chi connectivity index (χ1v) is 11.6. The van der Waals surface area contributed by atoms with Crippen LogP contribution in [0.5, 0.6) is 5.75 Å². The number of amides is 1. The molecule has 0 aliphatic rings. The molecule has 2 aromatic carbocycles. The fraction of sp³-hybridized carbons (Fsp3) is 0.190. The number of thiophene rings is 1. The Morgan fingerprint density at radius 3 is 2.25 bits per heavy atom. The lowest BCUT2D eigenvalue weighted by Gasteiger charge is -2.20. The number of anilines is 2. The molecule has 0 unspecified atom stereocenters. The standard InChI is InChI=1S/C21H19F3N2O4S2/c1-3-30-17-10-8-16(9-11-17)26(2)32(28,29)18-12-13-31-19(18)20(27)25-15-6-4-14(5-7-15)21(22,23)24/h4-13H,3H2,1-2H3,(H,25,27). The van der Waals surface area contributed by atoms with Gasteiger partial charge in [-0.05, 0) is 66.9 Å². The van der Waals surface area contributed by atoms with Crippen molar-refractivity contribution >= 4 is 38.6 Å². The van der Waals surface area contributed by atoms with E-state index in [1.165, 1.54) is 18.5 Å². The molecule has 3 aromatic rings. The second-order valence-corrected chi connectivity index (χ2v) is 9.40. The molecule has 3 rings (SSSR count). The van der Waals surface area contributed by atoms with Crippen molar-refractivity contribution < 1.29 is 31.1 Å². The highest BCUT2D eigenvalue weighted by Gasteiger charge is 2.31. The summed E-state index contributed by atoms with van der Waals surface area (Å²) < 4.78 is 70.8. The molecule has 1 aromatic heterocycles. The molecule has 0 atom stereocenters. The number of ether oxygens (including phenoxy) is 1. The highest BCUT2D eigenvalue weighted by Crippen LogP contribution is 2.31. The molecule has 0 radical (unpaired) electrons. The number of rotatable bonds is 7. The number of nitrogens with one attached hydrogen (secondary N) is 1. The smallest absolute Gasteiger partial charge is 0.416 e. The third-order valence-corrected chi connectivity index (χ3v) is 7.33. The van der Waals surface area contributed by atoms with E-state index in [-0.39, 0.29) is 15.5 Å². The number of halogens is 3. The molecule has 11 heteroatoms. The second kappa shape index (κ2) is 9.21. The Balaban J connectivity index is 1.82. The van der Waals surface area contributed by atoms with Gasteiger partial charge >= 0.3 is 6.18 Å². The van der Waals surface area contributed by atoms with Gasteiger partial charge in [0.2, 0.25) is 0 Å². The molecule has 0 aliphatic carbocycles. The molecule has 6 nitrogen and oxygen atoms in total. The molecule has 0 fully saturated rings. The van der Waals surface area contributed by atoms with Crippen LogP contribution in [0.15, 0.2) is 64.9 Å². The minimum Gasteiger partial charge on any atom is -0.494 e. The van der Waals surface area contributed by atoms with Crippen molar-refractivity contribution in [2.75, 3.05) is 23.3 Å². The van der Waals surface area contributed by atoms with Crippen molar-refractivity contribution in [3.8, 4) is 5.75 Å². The summed E-state index contributed by atoms with van der Waals surface area (Å²) in [5, 5.41) is 3.90. The van der Waals surface area contributed by atoms with Crippen molar-refractivity contribution in [3.05, 3.63) is 70.4 Å². The van der Waals surface area contributed by atoms with Crippen LogP contribution in [0.1, 0.15) is 22.2 Å². The van der Waals surface area contributed by atoms with E-state index in [0.717, 1.165) is 39.9 Å². The summed E-state index contributed by atoms with van der Waals surface area (Å²) in [5.74, 6) is -0.146. The Morgan fingerprint density at radius 1 is 1.06 bits per heavy atom. The van der Waals surface area contributed by atoms with Gasteiger partial charge in [-0.25, -0.2) is 8.42 Å². The molecule has 32 heavy (non-hydrogen) atoms. The highest BCUT2D eigenvalue weighted by molar-refractivity contribution is 7.93. The van der Waals surface area contributed by atoms with E-state index in [1.807, 2.05) is 6.92 Å². The predicted molar refractivity (Wildman–Crippen MR) is 117 cm³/mol. The lowest BCUT2D eigenvalue weighted by molar-refractivity contribution is -0.137. The number of carbonyl (C=O) groups excluding carboxylic acids is 1. The zero-order valence-corrected chi connectivity index (χ0v) is 18.6. The summed E-state index contributed by atoms with van der Waals surface area (Å²) in [7, 11) is -2.71. The fourth-order valence-electron chi connectivity index (χ4n) is 2.80. The molecular weight excluding hydrogens is 465 g/mol. The van der Waals surface area contributed by atoms with Crippen molar-refractivity contribution in [1.82, 2.24) is 0 Å². The van der Waals surface area contributed by atoms with Gasteiger partial charge in [-0.2, -0.15) is 13.2 Å². The number of hydrogen-bond donors (Lipinski definition) is 1. The van der Waals surface area contributed by atoms with Crippen LogP contribution in [0, 0.1) is 0 Å². The van der Waals surface area contributed by atoms with E-state index < -0.39 is 27.7 Å². The number of carbonyl (C=O) groups is 1. The van der Waals surface area contributed by atoms with E-state index in [9.17, 15) is 26.4 Å². The Hall–Kier alpha value is -3.05. The maximum atomic E-state index is 13.1. The summed E-state index contributed by atoms with van der Waals surface area (Å²) in [6.45, 7) is 2.30. The minimum absolute atomic E-state index is 0.0808. The maximum Gasteiger partial charge on any atom is 0.416 e. The van der Waals surface area contributed by atoms with Crippen LogP contribution in [0.2, 0.25) is 0 Å². The van der Waals surface area contributed by atoms with Crippen molar-refractivity contribution in [2.24, 2.45) is 0 Å². The van der Waals surface area contributed by atoms with Gasteiger partial charge in [0, 0.05) is 12.7 Å².